The van der Waals surface area contributed by atoms with Crippen molar-refractivity contribution in [2.75, 3.05) is 0 Å². The minimum Gasteiger partial charge on any atom is -0.342 e. The van der Waals surface area contributed by atoms with Gasteiger partial charge in [0.2, 0.25) is 0 Å². The van der Waals surface area contributed by atoms with Crippen LogP contribution in [0.15, 0.2) is 18.2 Å². The highest BCUT2D eigenvalue weighted by molar-refractivity contribution is 5.74. The van der Waals surface area contributed by atoms with E-state index in [1.165, 1.54) is 12.1 Å². The van der Waals surface area contributed by atoms with Crippen LogP contribution in [0.3, 0.4) is 0 Å². The Morgan fingerprint density at radius 3 is 3.08 bits per heavy atom. The molecular formula is C9H9FN2. The van der Waals surface area contributed by atoms with Crippen LogP contribution in [0.25, 0.3) is 11.0 Å². The van der Waals surface area contributed by atoms with Gasteiger partial charge in [0.25, 0.3) is 0 Å². The summed E-state index contributed by atoms with van der Waals surface area (Å²) in [5.41, 5.74) is 1.60. The number of imidazole rings is 1. The second-order valence-electron chi connectivity index (χ2n) is 2.70. The lowest BCUT2D eigenvalue weighted by atomic mass is 10.3. The molecule has 1 aromatic carbocycles. The van der Waals surface area contributed by atoms with E-state index in [1.807, 2.05) is 6.92 Å². The summed E-state index contributed by atoms with van der Waals surface area (Å²) in [4.78, 5) is 7.29. The molecule has 2 rings (SSSR count). The van der Waals surface area contributed by atoms with E-state index in [4.69, 9.17) is 0 Å². The third-order valence-corrected chi connectivity index (χ3v) is 1.83. The number of aromatic amines is 1. The zero-order valence-corrected chi connectivity index (χ0v) is 6.76. The first-order valence-corrected chi connectivity index (χ1v) is 3.93. The average molecular weight is 164 g/mol. The zero-order chi connectivity index (χ0) is 8.55. The molecule has 0 aliphatic heterocycles. The van der Waals surface area contributed by atoms with Gasteiger partial charge in [-0.3, -0.25) is 0 Å². The first kappa shape index (κ1) is 7.28. The maximum atomic E-state index is 12.7. The SMILES string of the molecule is CCc1nc2ccc(F)cc2[nH]1. The van der Waals surface area contributed by atoms with Crippen LogP contribution in [0.1, 0.15) is 12.7 Å². The van der Waals surface area contributed by atoms with E-state index in [0.717, 1.165) is 23.3 Å². The molecule has 3 heteroatoms. The Labute approximate surface area is 69.4 Å². The molecule has 0 aliphatic rings. The number of aryl methyl sites for hydroxylation is 1. The molecule has 0 fully saturated rings. The van der Waals surface area contributed by atoms with Gasteiger partial charge in [0.1, 0.15) is 11.6 Å². The van der Waals surface area contributed by atoms with E-state index in [2.05, 4.69) is 9.97 Å². The van der Waals surface area contributed by atoms with Gasteiger partial charge in [0.15, 0.2) is 0 Å². The monoisotopic (exact) mass is 164 g/mol. The minimum absolute atomic E-state index is 0.228. The van der Waals surface area contributed by atoms with Gasteiger partial charge in [-0.1, -0.05) is 6.92 Å². The van der Waals surface area contributed by atoms with Crippen LogP contribution in [-0.4, -0.2) is 9.97 Å². The summed E-state index contributed by atoms with van der Waals surface area (Å²) in [6, 6.07) is 4.56. The lowest BCUT2D eigenvalue weighted by Gasteiger charge is -1.86. The molecule has 1 N–H and O–H groups in total. The number of H-pyrrole nitrogens is 1. The molecular weight excluding hydrogens is 155 g/mol. The second kappa shape index (κ2) is 2.59. The molecule has 0 spiro atoms. The van der Waals surface area contributed by atoms with Gasteiger partial charge in [-0.15, -0.1) is 0 Å². The van der Waals surface area contributed by atoms with Gasteiger partial charge in [-0.2, -0.15) is 0 Å². The third kappa shape index (κ3) is 1.07. The van der Waals surface area contributed by atoms with Crippen molar-refractivity contribution in [1.82, 2.24) is 9.97 Å². The first-order chi connectivity index (χ1) is 5.79. The van der Waals surface area contributed by atoms with Crippen LogP contribution in [0.5, 0.6) is 0 Å². The molecule has 1 aromatic heterocycles. The van der Waals surface area contributed by atoms with Crippen LogP contribution in [0.4, 0.5) is 4.39 Å². The van der Waals surface area contributed by atoms with E-state index in [0.29, 0.717) is 0 Å². The Bertz CT molecular complexity index is 406. The minimum atomic E-state index is -0.228. The maximum Gasteiger partial charge on any atom is 0.125 e. The predicted octanol–water partition coefficient (Wildman–Crippen LogP) is 2.26. The summed E-state index contributed by atoms with van der Waals surface area (Å²) in [7, 11) is 0. The third-order valence-electron chi connectivity index (χ3n) is 1.83. The van der Waals surface area contributed by atoms with Crippen molar-refractivity contribution >= 4 is 11.0 Å². The molecule has 12 heavy (non-hydrogen) atoms. The number of hydrogen-bond acceptors (Lipinski definition) is 1. The van der Waals surface area contributed by atoms with Crippen molar-refractivity contribution in [1.29, 1.82) is 0 Å². The highest BCUT2D eigenvalue weighted by Crippen LogP contribution is 2.12. The van der Waals surface area contributed by atoms with E-state index < -0.39 is 0 Å². The van der Waals surface area contributed by atoms with Crippen LogP contribution in [0, 0.1) is 5.82 Å². The molecule has 0 aliphatic carbocycles. The fourth-order valence-corrected chi connectivity index (χ4v) is 1.20. The lowest BCUT2D eigenvalue weighted by Crippen LogP contribution is -1.79. The second-order valence-corrected chi connectivity index (χ2v) is 2.70. The summed E-state index contributed by atoms with van der Waals surface area (Å²) in [6.07, 6.45) is 0.844. The lowest BCUT2D eigenvalue weighted by molar-refractivity contribution is 0.629. The van der Waals surface area contributed by atoms with Gasteiger partial charge in [0.05, 0.1) is 11.0 Å². The molecule has 0 bridgehead atoms. The van der Waals surface area contributed by atoms with Crippen molar-refractivity contribution in [2.24, 2.45) is 0 Å². The smallest absolute Gasteiger partial charge is 0.125 e. The van der Waals surface area contributed by atoms with Gasteiger partial charge in [-0.05, 0) is 18.2 Å². The van der Waals surface area contributed by atoms with Crippen LogP contribution >= 0.6 is 0 Å². The van der Waals surface area contributed by atoms with Crippen LogP contribution in [0.2, 0.25) is 0 Å². The van der Waals surface area contributed by atoms with Crippen molar-refractivity contribution in [3.8, 4) is 0 Å². The van der Waals surface area contributed by atoms with E-state index in [1.54, 1.807) is 6.07 Å². The fourth-order valence-electron chi connectivity index (χ4n) is 1.20. The van der Waals surface area contributed by atoms with Gasteiger partial charge in [-0.25, -0.2) is 9.37 Å². The van der Waals surface area contributed by atoms with Crippen molar-refractivity contribution in [3.63, 3.8) is 0 Å². The molecule has 0 amide bonds. The summed E-state index contributed by atoms with van der Waals surface area (Å²) < 4.78 is 12.7. The zero-order valence-electron chi connectivity index (χ0n) is 6.76. The first-order valence-electron chi connectivity index (χ1n) is 3.93. The quantitative estimate of drug-likeness (QED) is 0.688. The standard InChI is InChI=1S/C9H9FN2/c1-2-9-11-7-4-3-6(10)5-8(7)12-9/h3-5H,2H2,1H3,(H,11,12). The van der Waals surface area contributed by atoms with E-state index in [9.17, 15) is 4.39 Å². The number of hydrogen-bond donors (Lipinski definition) is 1. The average Bonchev–Trinajstić information content (AvgIpc) is 2.46. The van der Waals surface area contributed by atoms with Gasteiger partial charge >= 0.3 is 0 Å². The predicted molar refractivity (Wildman–Crippen MR) is 45.4 cm³/mol. The summed E-state index contributed by atoms with van der Waals surface area (Å²) in [5.74, 6) is 0.671. The molecule has 1 heterocycles. The Hall–Kier alpha value is -1.38. The molecule has 0 saturated heterocycles. The number of nitrogens with one attached hydrogen (secondary N) is 1. The summed E-state index contributed by atoms with van der Waals surface area (Å²) >= 11 is 0. The Balaban J connectivity index is 2.67. The Morgan fingerprint density at radius 2 is 2.33 bits per heavy atom. The number of nitrogens with zero attached hydrogens (tertiary/aromatic N) is 1. The summed E-state index contributed by atoms with van der Waals surface area (Å²) in [6.45, 7) is 2.01. The van der Waals surface area contributed by atoms with Crippen molar-refractivity contribution in [2.45, 2.75) is 13.3 Å². The molecule has 2 aromatic rings. The van der Waals surface area contributed by atoms with Crippen LogP contribution in [-0.2, 0) is 6.42 Å². The number of halogens is 1. The fraction of sp³-hybridized carbons (Fsp3) is 0.222. The van der Waals surface area contributed by atoms with E-state index >= 15 is 0 Å². The van der Waals surface area contributed by atoms with Gasteiger partial charge < -0.3 is 4.98 Å². The maximum absolute atomic E-state index is 12.7. The molecule has 0 saturated carbocycles. The molecule has 2 nitrogen and oxygen atoms in total. The topological polar surface area (TPSA) is 28.7 Å². The number of benzene rings is 1. The number of fused-ring (bicyclic) bond motifs is 1. The van der Waals surface area contributed by atoms with E-state index in [-0.39, 0.29) is 5.82 Å². The largest absolute Gasteiger partial charge is 0.342 e. The van der Waals surface area contributed by atoms with Crippen molar-refractivity contribution in [3.05, 3.63) is 29.8 Å². The number of aromatic nitrogens is 2. The molecule has 62 valence electrons. The van der Waals surface area contributed by atoms with Crippen LogP contribution < -0.4 is 0 Å². The highest BCUT2D eigenvalue weighted by Gasteiger charge is 2.00. The van der Waals surface area contributed by atoms with Gasteiger partial charge in [0, 0.05) is 6.42 Å². The number of rotatable bonds is 1. The Morgan fingerprint density at radius 1 is 1.50 bits per heavy atom. The summed E-state index contributed by atoms with van der Waals surface area (Å²) in [5, 5.41) is 0. The molecule has 0 radical (unpaired) electrons. The molecule has 0 atom stereocenters. The molecule has 0 unspecified atom stereocenters. The normalized spacial score (nSPS) is 10.8. The highest BCUT2D eigenvalue weighted by atomic mass is 19.1. The van der Waals surface area contributed by atoms with Crippen molar-refractivity contribution < 1.29 is 4.39 Å². The Kier molecular flexibility index (Phi) is 1.57.